The molecule has 5 N–H and O–H groups in total. The van der Waals surface area contributed by atoms with Gasteiger partial charge in [0.2, 0.25) is 5.72 Å². The topological polar surface area (TPSA) is 87.0 Å². The number of anilines is 1. The van der Waals surface area contributed by atoms with E-state index in [1.54, 1.807) is 26.0 Å². The smallest absolute Gasteiger partial charge is 0.384 e. The van der Waals surface area contributed by atoms with Crippen LogP contribution < -0.4 is 11.1 Å². The Morgan fingerprint density at radius 2 is 2.05 bits per heavy atom. The highest BCUT2D eigenvalue weighted by Crippen LogP contribution is 2.33. The van der Waals surface area contributed by atoms with E-state index in [-0.39, 0.29) is 12.5 Å². The summed E-state index contributed by atoms with van der Waals surface area (Å²) >= 11 is 0. The molecule has 0 saturated carbocycles. The number of hydrogen-bond donors (Lipinski definition) is 4. The lowest BCUT2D eigenvalue weighted by molar-refractivity contribution is -0.279. The Kier molecular flexibility index (Phi) is 4.35. The van der Waals surface area contributed by atoms with E-state index < -0.39 is 18.3 Å². The summed E-state index contributed by atoms with van der Waals surface area (Å²) in [4.78, 5) is 6.85. The highest BCUT2D eigenvalue weighted by atomic mass is 19.4. The van der Waals surface area contributed by atoms with E-state index in [1.165, 1.54) is 6.20 Å². The van der Waals surface area contributed by atoms with E-state index in [2.05, 4.69) is 15.3 Å². The molecule has 0 fully saturated rings. The number of H-pyrrole nitrogens is 1. The van der Waals surface area contributed by atoms with E-state index in [0.29, 0.717) is 17.0 Å². The normalized spacial score (nSPS) is 15.4. The molecule has 0 bridgehead atoms. The van der Waals surface area contributed by atoms with E-state index in [9.17, 15) is 18.3 Å². The van der Waals surface area contributed by atoms with Gasteiger partial charge in [-0.05, 0) is 18.1 Å². The maximum Gasteiger partial charge on any atom is 0.430 e. The second-order valence-corrected chi connectivity index (χ2v) is 5.80. The van der Waals surface area contributed by atoms with E-state index in [1.807, 2.05) is 0 Å². The fourth-order valence-electron chi connectivity index (χ4n) is 2.32. The maximum absolute atomic E-state index is 13.1. The SMILES string of the molecule is CC(C)CC(O)(NCc1cc2cc(N)ncc2[nH]1)C(F)(F)F. The van der Waals surface area contributed by atoms with Gasteiger partial charge in [-0.15, -0.1) is 0 Å². The van der Waals surface area contributed by atoms with Gasteiger partial charge in [-0.2, -0.15) is 13.2 Å². The van der Waals surface area contributed by atoms with Crippen molar-refractivity contribution in [2.45, 2.75) is 38.7 Å². The van der Waals surface area contributed by atoms with Gasteiger partial charge >= 0.3 is 6.18 Å². The zero-order valence-corrected chi connectivity index (χ0v) is 12.3. The molecule has 5 nitrogen and oxygen atoms in total. The van der Waals surface area contributed by atoms with Crippen LogP contribution in [-0.4, -0.2) is 27.0 Å². The van der Waals surface area contributed by atoms with Crippen LogP contribution in [0.3, 0.4) is 0 Å². The van der Waals surface area contributed by atoms with E-state index in [4.69, 9.17) is 5.73 Å². The van der Waals surface area contributed by atoms with Crippen LogP contribution in [0.15, 0.2) is 18.3 Å². The summed E-state index contributed by atoms with van der Waals surface area (Å²) < 4.78 is 39.2. The highest BCUT2D eigenvalue weighted by Gasteiger charge is 2.53. The molecule has 122 valence electrons. The van der Waals surface area contributed by atoms with Crippen molar-refractivity contribution < 1.29 is 18.3 Å². The number of aromatic amines is 1. The fourth-order valence-corrected chi connectivity index (χ4v) is 2.32. The van der Waals surface area contributed by atoms with Crippen LogP contribution in [-0.2, 0) is 6.54 Å². The average molecular weight is 316 g/mol. The monoisotopic (exact) mass is 316 g/mol. The van der Waals surface area contributed by atoms with Crippen LogP contribution in [0.25, 0.3) is 10.9 Å². The number of alkyl halides is 3. The summed E-state index contributed by atoms with van der Waals surface area (Å²) in [5.41, 5.74) is 3.82. The van der Waals surface area contributed by atoms with Crippen molar-refractivity contribution in [2.24, 2.45) is 5.92 Å². The molecule has 0 spiro atoms. The lowest BCUT2D eigenvalue weighted by Gasteiger charge is -2.32. The molecule has 2 aromatic rings. The number of aliphatic hydroxyl groups is 1. The first-order valence-electron chi connectivity index (χ1n) is 6.88. The number of nitrogens with one attached hydrogen (secondary N) is 2. The molecule has 0 aliphatic carbocycles. The van der Waals surface area contributed by atoms with Crippen molar-refractivity contribution in [1.82, 2.24) is 15.3 Å². The predicted molar refractivity (Wildman–Crippen MR) is 77.8 cm³/mol. The molecule has 0 amide bonds. The standard InChI is InChI=1S/C14H19F3N4O/c1-8(2)5-13(22,14(15,16)17)20-6-10-3-9-4-12(18)19-7-11(9)21-10/h3-4,7-8,20-22H,5-6H2,1-2H3,(H2,18,19). The molecule has 0 saturated heterocycles. The molecule has 22 heavy (non-hydrogen) atoms. The van der Waals surface area contributed by atoms with Crippen LogP contribution >= 0.6 is 0 Å². The molecule has 0 aliphatic heterocycles. The lowest BCUT2D eigenvalue weighted by Crippen LogP contribution is -2.57. The Hall–Kier alpha value is -1.80. The molecular weight excluding hydrogens is 297 g/mol. The van der Waals surface area contributed by atoms with Crippen LogP contribution in [0.1, 0.15) is 26.0 Å². The zero-order chi connectivity index (χ0) is 16.5. The van der Waals surface area contributed by atoms with Crippen LogP contribution in [0.4, 0.5) is 19.0 Å². The number of halogens is 3. The number of aromatic nitrogens is 2. The van der Waals surface area contributed by atoms with Crippen molar-refractivity contribution in [3.05, 3.63) is 24.0 Å². The van der Waals surface area contributed by atoms with Crippen LogP contribution in [0, 0.1) is 5.92 Å². The minimum absolute atomic E-state index is 0.155. The van der Waals surface area contributed by atoms with E-state index >= 15 is 0 Å². The van der Waals surface area contributed by atoms with Crippen molar-refractivity contribution in [1.29, 1.82) is 0 Å². The van der Waals surface area contributed by atoms with Crippen molar-refractivity contribution >= 4 is 16.7 Å². The third-order valence-electron chi connectivity index (χ3n) is 3.33. The van der Waals surface area contributed by atoms with Gasteiger partial charge < -0.3 is 15.8 Å². The Labute approximate surface area is 125 Å². The van der Waals surface area contributed by atoms with Crippen molar-refractivity contribution in [3.63, 3.8) is 0 Å². The summed E-state index contributed by atoms with van der Waals surface area (Å²) in [6.07, 6.45) is -3.67. The first-order chi connectivity index (χ1) is 10.1. The largest absolute Gasteiger partial charge is 0.430 e. The summed E-state index contributed by atoms with van der Waals surface area (Å²) in [6.45, 7) is 3.09. The minimum Gasteiger partial charge on any atom is -0.384 e. The summed E-state index contributed by atoms with van der Waals surface area (Å²) in [5.74, 6) is 0.0171. The van der Waals surface area contributed by atoms with Crippen LogP contribution in [0.2, 0.25) is 0 Å². The predicted octanol–water partition coefficient (Wildman–Crippen LogP) is 2.53. The second kappa shape index (κ2) is 5.77. The number of rotatable bonds is 5. The Bertz CT molecular complexity index is 653. The number of fused-ring (bicyclic) bond motifs is 1. The Morgan fingerprint density at radius 1 is 1.36 bits per heavy atom. The Morgan fingerprint density at radius 3 is 2.64 bits per heavy atom. The molecule has 2 heterocycles. The molecule has 1 atom stereocenters. The number of pyridine rings is 1. The van der Waals surface area contributed by atoms with Gasteiger partial charge in [-0.1, -0.05) is 13.8 Å². The number of nitrogens with zero attached hydrogens (tertiary/aromatic N) is 1. The third kappa shape index (κ3) is 3.50. The molecular formula is C14H19F3N4O. The van der Waals surface area contributed by atoms with Crippen molar-refractivity contribution in [2.75, 3.05) is 5.73 Å². The molecule has 0 aromatic carbocycles. The zero-order valence-electron chi connectivity index (χ0n) is 12.3. The summed E-state index contributed by atoms with van der Waals surface area (Å²) in [7, 11) is 0. The third-order valence-corrected chi connectivity index (χ3v) is 3.33. The highest BCUT2D eigenvalue weighted by molar-refractivity contribution is 5.81. The van der Waals surface area contributed by atoms with Crippen molar-refractivity contribution in [3.8, 4) is 0 Å². The van der Waals surface area contributed by atoms with Gasteiger partial charge in [-0.3, -0.25) is 5.32 Å². The Balaban J connectivity index is 2.17. The number of nitrogen functional groups attached to an aromatic ring is 1. The first-order valence-corrected chi connectivity index (χ1v) is 6.88. The second-order valence-electron chi connectivity index (χ2n) is 5.80. The average Bonchev–Trinajstić information content (AvgIpc) is 2.76. The minimum atomic E-state index is -4.75. The molecule has 1 unspecified atom stereocenters. The van der Waals surface area contributed by atoms with Gasteiger partial charge in [0.25, 0.3) is 0 Å². The van der Waals surface area contributed by atoms with E-state index in [0.717, 1.165) is 5.39 Å². The van der Waals surface area contributed by atoms with Gasteiger partial charge in [-0.25, -0.2) is 4.98 Å². The van der Waals surface area contributed by atoms with Gasteiger partial charge in [0.05, 0.1) is 11.7 Å². The first kappa shape index (κ1) is 16.6. The molecule has 0 radical (unpaired) electrons. The number of nitrogens with two attached hydrogens (primary N) is 1. The van der Waals surface area contributed by atoms with Crippen LogP contribution in [0.5, 0.6) is 0 Å². The lowest BCUT2D eigenvalue weighted by atomic mass is 9.99. The fraction of sp³-hybridized carbons (Fsp3) is 0.500. The maximum atomic E-state index is 13.1. The van der Waals surface area contributed by atoms with Gasteiger partial charge in [0.15, 0.2) is 0 Å². The van der Waals surface area contributed by atoms with Gasteiger partial charge in [0, 0.05) is 24.0 Å². The molecule has 0 aliphatic rings. The molecule has 8 heteroatoms. The summed E-state index contributed by atoms with van der Waals surface area (Å²) in [5, 5.41) is 12.9. The number of hydrogen-bond acceptors (Lipinski definition) is 4. The quantitative estimate of drug-likeness (QED) is 0.638. The molecule has 2 rings (SSSR count). The summed E-state index contributed by atoms with van der Waals surface area (Å²) in [6, 6.07) is 3.30. The molecule has 2 aromatic heterocycles. The van der Waals surface area contributed by atoms with Gasteiger partial charge in [0.1, 0.15) is 5.82 Å².